The zero-order valence-electron chi connectivity index (χ0n) is 17.0. The third kappa shape index (κ3) is 5.77. The first kappa shape index (κ1) is 21.7. The van der Waals surface area contributed by atoms with Crippen LogP contribution in [0.2, 0.25) is 0 Å². The molecule has 0 radical (unpaired) electrons. The maximum Gasteiger partial charge on any atom is 0.243 e. The number of aryl methyl sites for hydroxylation is 1. The molecule has 29 heavy (non-hydrogen) atoms. The number of hydrogen-bond donors (Lipinski definition) is 1. The summed E-state index contributed by atoms with van der Waals surface area (Å²) >= 11 is 0. The van der Waals surface area contributed by atoms with Crippen molar-refractivity contribution >= 4 is 21.8 Å². The SMILES string of the molecule is Cc1ccc(S(=O)(=O)N2CCN(CC(=O)NCCCN3CCCC3=O)CC2)cc1. The molecule has 0 unspecified atom stereocenters. The van der Waals surface area contributed by atoms with E-state index in [1.165, 1.54) is 4.31 Å². The van der Waals surface area contributed by atoms with Crippen molar-refractivity contribution in [3.8, 4) is 0 Å². The number of nitrogens with zero attached hydrogens (tertiary/aromatic N) is 3. The molecule has 0 atom stereocenters. The number of sulfonamides is 1. The number of hydrogen-bond acceptors (Lipinski definition) is 5. The molecule has 3 rings (SSSR count). The Kier molecular flexibility index (Phi) is 7.26. The third-order valence-electron chi connectivity index (χ3n) is 5.46. The maximum atomic E-state index is 12.7. The van der Waals surface area contributed by atoms with Gasteiger partial charge in [0.25, 0.3) is 0 Å². The van der Waals surface area contributed by atoms with Gasteiger partial charge in [0.05, 0.1) is 11.4 Å². The van der Waals surface area contributed by atoms with Gasteiger partial charge >= 0.3 is 0 Å². The van der Waals surface area contributed by atoms with Crippen LogP contribution in [0.25, 0.3) is 0 Å². The molecule has 0 spiro atoms. The number of amides is 2. The van der Waals surface area contributed by atoms with Crippen LogP contribution in [0.3, 0.4) is 0 Å². The Labute approximate surface area is 172 Å². The van der Waals surface area contributed by atoms with Crippen molar-refractivity contribution in [2.45, 2.75) is 31.1 Å². The summed E-state index contributed by atoms with van der Waals surface area (Å²) in [4.78, 5) is 27.8. The van der Waals surface area contributed by atoms with Gasteiger partial charge in [0.1, 0.15) is 0 Å². The van der Waals surface area contributed by atoms with Gasteiger partial charge in [-0.3, -0.25) is 14.5 Å². The second-order valence-corrected chi connectivity index (χ2v) is 9.62. The Morgan fingerprint density at radius 2 is 1.76 bits per heavy atom. The zero-order valence-corrected chi connectivity index (χ0v) is 17.8. The Morgan fingerprint density at radius 3 is 2.38 bits per heavy atom. The molecular weight excluding hydrogens is 392 g/mol. The van der Waals surface area contributed by atoms with Crippen molar-refractivity contribution < 1.29 is 18.0 Å². The molecule has 2 amide bonds. The van der Waals surface area contributed by atoms with Gasteiger partial charge in [-0.05, 0) is 31.9 Å². The highest BCUT2D eigenvalue weighted by atomic mass is 32.2. The highest BCUT2D eigenvalue weighted by Gasteiger charge is 2.29. The van der Waals surface area contributed by atoms with Crippen LogP contribution < -0.4 is 5.32 Å². The number of benzene rings is 1. The first-order valence-corrected chi connectivity index (χ1v) is 11.6. The van der Waals surface area contributed by atoms with Crippen LogP contribution in [0.5, 0.6) is 0 Å². The van der Waals surface area contributed by atoms with Crippen LogP contribution in [0.1, 0.15) is 24.8 Å². The minimum absolute atomic E-state index is 0.0624. The fourth-order valence-corrected chi connectivity index (χ4v) is 5.11. The Morgan fingerprint density at radius 1 is 1.07 bits per heavy atom. The van der Waals surface area contributed by atoms with Gasteiger partial charge in [0, 0.05) is 52.2 Å². The van der Waals surface area contributed by atoms with E-state index in [4.69, 9.17) is 0 Å². The van der Waals surface area contributed by atoms with Gasteiger partial charge in [-0.1, -0.05) is 17.7 Å². The predicted molar refractivity (Wildman–Crippen MR) is 110 cm³/mol. The van der Waals surface area contributed by atoms with Crippen molar-refractivity contribution in [2.75, 3.05) is 52.4 Å². The van der Waals surface area contributed by atoms with E-state index in [0.29, 0.717) is 50.6 Å². The fraction of sp³-hybridized carbons (Fsp3) is 0.600. The first-order chi connectivity index (χ1) is 13.9. The van der Waals surface area contributed by atoms with Crippen molar-refractivity contribution in [2.24, 2.45) is 0 Å². The van der Waals surface area contributed by atoms with Crippen LogP contribution in [-0.2, 0) is 19.6 Å². The molecule has 1 aromatic rings. The highest BCUT2D eigenvalue weighted by Crippen LogP contribution is 2.18. The van der Waals surface area contributed by atoms with E-state index < -0.39 is 10.0 Å². The highest BCUT2D eigenvalue weighted by molar-refractivity contribution is 7.89. The number of carbonyl (C=O) groups is 2. The average molecular weight is 423 g/mol. The molecule has 1 N–H and O–H groups in total. The maximum absolute atomic E-state index is 12.7. The number of nitrogens with one attached hydrogen (secondary N) is 1. The lowest BCUT2D eigenvalue weighted by Gasteiger charge is -2.33. The molecule has 8 nitrogen and oxygen atoms in total. The minimum atomic E-state index is -3.49. The normalized spacial score (nSPS) is 18.9. The standard InChI is InChI=1S/C20H30N4O4S/c1-17-5-7-18(8-6-17)29(27,28)24-14-12-22(13-15-24)16-19(25)21-9-3-11-23-10-2-4-20(23)26/h5-8H,2-4,9-16H2,1H3,(H,21,25). The lowest BCUT2D eigenvalue weighted by molar-refractivity contribution is -0.127. The first-order valence-electron chi connectivity index (χ1n) is 10.2. The number of likely N-dealkylation sites (tertiary alicyclic amines) is 1. The van der Waals surface area contributed by atoms with Gasteiger partial charge in [-0.25, -0.2) is 8.42 Å². The Bertz CT molecular complexity index is 817. The summed E-state index contributed by atoms with van der Waals surface area (Å²) in [5.74, 6) is 0.141. The summed E-state index contributed by atoms with van der Waals surface area (Å²) in [6.07, 6.45) is 2.31. The molecule has 9 heteroatoms. The predicted octanol–water partition coefficient (Wildman–Crippen LogP) is 0.430. The fourth-order valence-electron chi connectivity index (χ4n) is 3.68. The summed E-state index contributed by atoms with van der Waals surface area (Å²) in [6, 6.07) is 6.88. The number of rotatable bonds is 8. The monoisotopic (exact) mass is 422 g/mol. The molecule has 1 aromatic carbocycles. The van der Waals surface area contributed by atoms with E-state index in [0.717, 1.165) is 24.9 Å². The molecule has 2 fully saturated rings. The quantitative estimate of drug-likeness (QED) is 0.614. The Hall–Kier alpha value is -1.97. The minimum Gasteiger partial charge on any atom is -0.355 e. The molecule has 2 saturated heterocycles. The second kappa shape index (κ2) is 9.69. The molecule has 0 saturated carbocycles. The molecule has 2 aliphatic rings. The van der Waals surface area contributed by atoms with Gasteiger partial charge < -0.3 is 10.2 Å². The lowest BCUT2D eigenvalue weighted by Crippen LogP contribution is -2.51. The number of carbonyl (C=O) groups excluding carboxylic acids is 2. The molecular formula is C20H30N4O4S. The molecule has 2 heterocycles. The molecule has 160 valence electrons. The van der Waals surface area contributed by atoms with Crippen molar-refractivity contribution in [3.05, 3.63) is 29.8 Å². The van der Waals surface area contributed by atoms with E-state index in [1.54, 1.807) is 24.3 Å². The van der Waals surface area contributed by atoms with E-state index in [1.807, 2.05) is 16.7 Å². The van der Waals surface area contributed by atoms with Gasteiger partial charge in [0.2, 0.25) is 21.8 Å². The van der Waals surface area contributed by atoms with E-state index >= 15 is 0 Å². The van der Waals surface area contributed by atoms with Gasteiger partial charge in [-0.2, -0.15) is 4.31 Å². The summed E-state index contributed by atoms with van der Waals surface area (Å²) in [5.41, 5.74) is 1.02. The topological polar surface area (TPSA) is 90.0 Å². The van der Waals surface area contributed by atoms with E-state index in [9.17, 15) is 18.0 Å². The molecule has 0 aromatic heterocycles. The molecule has 2 aliphatic heterocycles. The summed E-state index contributed by atoms with van der Waals surface area (Å²) in [6.45, 7) is 6.05. The van der Waals surface area contributed by atoms with Crippen LogP contribution in [0.4, 0.5) is 0 Å². The second-order valence-electron chi connectivity index (χ2n) is 7.68. The third-order valence-corrected chi connectivity index (χ3v) is 7.37. The van der Waals surface area contributed by atoms with Crippen molar-refractivity contribution in [1.29, 1.82) is 0 Å². The van der Waals surface area contributed by atoms with Gasteiger partial charge in [0.15, 0.2) is 0 Å². The zero-order chi connectivity index (χ0) is 20.9. The van der Waals surface area contributed by atoms with Crippen LogP contribution >= 0.6 is 0 Å². The van der Waals surface area contributed by atoms with Crippen LogP contribution in [0.15, 0.2) is 29.2 Å². The van der Waals surface area contributed by atoms with Crippen molar-refractivity contribution in [1.82, 2.24) is 19.4 Å². The number of piperazine rings is 1. The van der Waals surface area contributed by atoms with Crippen molar-refractivity contribution in [3.63, 3.8) is 0 Å². The van der Waals surface area contributed by atoms with Gasteiger partial charge in [-0.15, -0.1) is 0 Å². The average Bonchev–Trinajstić information content (AvgIpc) is 3.11. The molecule has 0 aliphatic carbocycles. The summed E-state index contributed by atoms with van der Waals surface area (Å²) in [7, 11) is -3.49. The van der Waals surface area contributed by atoms with Crippen LogP contribution in [-0.4, -0.2) is 86.7 Å². The summed E-state index contributed by atoms with van der Waals surface area (Å²) in [5, 5.41) is 2.89. The Balaban J connectivity index is 1.37. The lowest BCUT2D eigenvalue weighted by atomic mass is 10.2. The van der Waals surface area contributed by atoms with E-state index in [2.05, 4.69) is 5.32 Å². The smallest absolute Gasteiger partial charge is 0.243 e. The largest absolute Gasteiger partial charge is 0.355 e. The van der Waals surface area contributed by atoms with Crippen LogP contribution in [0, 0.1) is 6.92 Å². The molecule has 0 bridgehead atoms. The van der Waals surface area contributed by atoms with E-state index in [-0.39, 0.29) is 18.4 Å². The summed E-state index contributed by atoms with van der Waals surface area (Å²) < 4.78 is 27.0.